The molecule has 0 atom stereocenters. The van der Waals surface area contributed by atoms with Crippen LogP contribution in [0.25, 0.3) is 0 Å². The van der Waals surface area contributed by atoms with Gasteiger partial charge in [0.25, 0.3) is 5.91 Å². The Morgan fingerprint density at radius 1 is 1.07 bits per heavy atom. The average molecular weight is 410 g/mol. The Labute approximate surface area is 163 Å². The molecule has 8 heteroatoms. The van der Waals surface area contributed by atoms with E-state index < -0.39 is 28.3 Å². The summed E-state index contributed by atoms with van der Waals surface area (Å²) in [5.74, 6) is -1.68. The third kappa shape index (κ3) is 6.37. The number of anilines is 1. The molecule has 0 radical (unpaired) electrons. The first kappa shape index (κ1) is 20.9. The van der Waals surface area contributed by atoms with Gasteiger partial charge >= 0.3 is 5.97 Å². The topological polar surface area (TPSA) is 89.5 Å². The van der Waals surface area contributed by atoms with Crippen molar-refractivity contribution < 1.29 is 22.7 Å². The Morgan fingerprint density at radius 3 is 2.48 bits per heavy atom. The minimum Gasteiger partial charge on any atom is -0.456 e. The third-order valence-electron chi connectivity index (χ3n) is 3.89. The van der Waals surface area contributed by atoms with Crippen LogP contribution < -0.4 is 5.32 Å². The van der Waals surface area contributed by atoms with Gasteiger partial charge in [-0.2, -0.15) is 0 Å². The van der Waals surface area contributed by atoms with Gasteiger partial charge in [-0.25, -0.2) is 8.42 Å². The fraction of sp³-hybridized carbons (Fsp3) is 0.263. The molecule has 0 aromatic heterocycles. The molecule has 0 bridgehead atoms. The highest BCUT2D eigenvalue weighted by Crippen LogP contribution is 2.17. The van der Waals surface area contributed by atoms with Gasteiger partial charge in [-0.05, 0) is 55.3 Å². The number of esters is 1. The number of benzene rings is 2. The summed E-state index contributed by atoms with van der Waals surface area (Å²) in [5, 5.41) is 2.99. The van der Waals surface area contributed by atoms with Crippen molar-refractivity contribution in [2.75, 3.05) is 17.7 Å². The SMILES string of the molecule is Cc1ccc(S(=O)(=O)CCC(=O)OCC(=O)Nc2cccc(Cl)c2)cc1C. The van der Waals surface area contributed by atoms with E-state index >= 15 is 0 Å². The second-order valence-electron chi connectivity index (χ2n) is 6.03. The van der Waals surface area contributed by atoms with E-state index in [-0.39, 0.29) is 17.1 Å². The molecule has 0 aliphatic carbocycles. The van der Waals surface area contributed by atoms with Gasteiger partial charge in [-0.1, -0.05) is 23.7 Å². The van der Waals surface area contributed by atoms with Gasteiger partial charge in [0, 0.05) is 10.7 Å². The molecule has 0 saturated carbocycles. The van der Waals surface area contributed by atoms with Crippen molar-refractivity contribution in [1.29, 1.82) is 0 Å². The fourth-order valence-electron chi connectivity index (χ4n) is 2.22. The molecule has 6 nitrogen and oxygen atoms in total. The van der Waals surface area contributed by atoms with Gasteiger partial charge in [0.2, 0.25) is 0 Å². The highest BCUT2D eigenvalue weighted by molar-refractivity contribution is 7.91. The zero-order valence-corrected chi connectivity index (χ0v) is 16.6. The van der Waals surface area contributed by atoms with Crippen LogP contribution in [-0.2, 0) is 24.2 Å². The maximum atomic E-state index is 12.3. The molecule has 0 aliphatic heterocycles. The van der Waals surface area contributed by atoms with Gasteiger partial charge in [-0.3, -0.25) is 9.59 Å². The monoisotopic (exact) mass is 409 g/mol. The van der Waals surface area contributed by atoms with Gasteiger partial charge < -0.3 is 10.1 Å². The summed E-state index contributed by atoms with van der Waals surface area (Å²) in [4.78, 5) is 23.7. The normalized spacial score (nSPS) is 11.1. The number of carbonyl (C=O) groups excluding carboxylic acids is 2. The maximum absolute atomic E-state index is 12.3. The van der Waals surface area contributed by atoms with E-state index in [4.69, 9.17) is 16.3 Å². The predicted octanol–water partition coefficient (Wildman–Crippen LogP) is 3.30. The van der Waals surface area contributed by atoms with Crippen molar-refractivity contribution in [3.8, 4) is 0 Å². The number of hydrogen-bond acceptors (Lipinski definition) is 5. The molecular weight excluding hydrogens is 390 g/mol. The lowest BCUT2D eigenvalue weighted by molar-refractivity contribution is -0.146. The number of ether oxygens (including phenoxy) is 1. The van der Waals surface area contributed by atoms with Crippen LogP contribution >= 0.6 is 11.6 Å². The highest BCUT2D eigenvalue weighted by atomic mass is 35.5. The van der Waals surface area contributed by atoms with E-state index in [2.05, 4.69) is 5.32 Å². The molecule has 0 saturated heterocycles. The minimum absolute atomic E-state index is 0.164. The standard InChI is InChI=1S/C19H20ClNO5S/c1-13-6-7-17(10-14(13)2)27(24,25)9-8-19(23)26-12-18(22)21-16-5-3-4-15(20)11-16/h3-7,10-11H,8-9,12H2,1-2H3,(H,21,22). The van der Waals surface area contributed by atoms with Crippen molar-refractivity contribution in [1.82, 2.24) is 0 Å². The molecule has 2 aromatic carbocycles. The summed E-state index contributed by atoms with van der Waals surface area (Å²) in [6.07, 6.45) is -0.334. The van der Waals surface area contributed by atoms with E-state index in [1.54, 1.807) is 36.4 Å². The van der Waals surface area contributed by atoms with E-state index in [0.29, 0.717) is 10.7 Å². The van der Waals surface area contributed by atoms with Crippen LogP contribution in [0.1, 0.15) is 17.5 Å². The van der Waals surface area contributed by atoms with Crippen LogP contribution in [0, 0.1) is 13.8 Å². The van der Waals surface area contributed by atoms with Gasteiger partial charge in [0.1, 0.15) is 0 Å². The third-order valence-corrected chi connectivity index (χ3v) is 5.83. The summed E-state index contributed by atoms with van der Waals surface area (Å²) in [6, 6.07) is 11.3. The Morgan fingerprint density at radius 2 is 1.81 bits per heavy atom. The molecule has 0 aliphatic rings. The first-order chi connectivity index (χ1) is 12.7. The van der Waals surface area contributed by atoms with Crippen molar-refractivity contribution in [2.45, 2.75) is 25.2 Å². The van der Waals surface area contributed by atoms with E-state index in [1.165, 1.54) is 6.07 Å². The van der Waals surface area contributed by atoms with Gasteiger partial charge in [0.05, 0.1) is 17.1 Å². The lowest BCUT2D eigenvalue weighted by Gasteiger charge is -2.08. The van der Waals surface area contributed by atoms with Crippen LogP contribution in [0.5, 0.6) is 0 Å². The second-order valence-corrected chi connectivity index (χ2v) is 8.58. The van der Waals surface area contributed by atoms with E-state index in [0.717, 1.165) is 11.1 Å². The molecule has 144 valence electrons. The number of rotatable bonds is 7. The number of hydrogen-bond donors (Lipinski definition) is 1. The number of halogens is 1. The zero-order chi connectivity index (χ0) is 20.0. The Balaban J connectivity index is 1.83. The lowest BCUT2D eigenvalue weighted by atomic mass is 10.1. The minimum atomic E-state index is -3.60. The molecule has 0 heterocycles. The molecule has 2 rings (SSSR count). The quantitative estimate of drug-likeness (QED) is 0.708. The summed E-state index contributed by atoms with van der Waals surface area (Å²) >= 11 is 5.82. The second kappa shape index (κ2) is 9.01. The molecular formula is C19H20ClNO5S. The van der Waals surface area contributed by atoms with Crippen LogP contribution in [0.4, 0.5) is 5.69 Å². The fourth-order valence-corrected chi connectivity index (χ4v) is 3.72. The van der Waals surface area contributed by atoms with Crippen molar-refractivity contribution >= 4 is 39.0 Å². The molecule has 2 aromatic rings. The smallest absolute Gasteiger partial charge is 0.307 e. The van der Waals surface area contributed by atoms with Crippen molar-refractivity contribution in [2.24, 2.45) is 0 Å². The average Bonchev–Trinajstić information content (AvgIpc) is 2.60. The lowest BCUT2D eigenvalue weighted by Crippen LogP contribution is -2.22. The number of aryl methyl sites for hydroxylation is 2. The van der Waals surface area contributed by atoms with E-state index in [1.807, 2.05) is 13.8 Å². The summed E-state index contributed by atoms with van der Waals surface area (Å²) < 4.78 is 29.5. The number of nitrogens with one attached hydrogen (secondary N) is 1. The first-order valence-electron chi connectivity index (χ1n) is 8.18. The number of amides is 1. The van der Waals surface area contributed by atoms with Gasteiger partial charge in [-0.15, -0.1) is 0 Å². The summed E-state index contributed by atoms with van der Waals surface area (Å²) in [6.45, 7) is 3.20. The van der Waals surface area contributed by atoms with Crippen LogP contribution in [0.2, 0.25) is 5.02 Å². The van der Waals surface area contributed by atoms with Crippen molar-refractivity contribution in [3.63, 3.8) is 0 Å². The Hall–Kier alpha value is -2.38. The van der Waals surface area contributed by atoms with Crippen molar-refractivity contribution in [3.05, 3.63) is 58.6 Å². The molecule has 1 amide bonds. The maximum Gasteiger partial charge on any atom is 0.307 e. The Kier molecular flexibility index (Phi) is 6.98. The Bertz CT molecular complexity index is 956. The zero-order valence-electron chi connectivity index (χ0n) is 15.0. The van der Waals surface area contributed by atoms with Gasteiger partial charge in [0.15, 0.2) is 16.4 Å². The van der Waals surface area contributed by atoms with E-state index in [9.17, 15) is 18.0 Å². The van der Waals surface area contributed by atoms with Crippen LogP contribution in [0.15, 0.2) is 47.4 Å². The molecule has 0 unspecified atom stereocenters. The van der Waals surface area contributed by atoms with Crippen LogP contribution in [0.3, 0.4) is 0 Å². The summed E-state index contributed by atoms with van der Waals surface area (Å²) in [7, 11) is -3.60. The molecule has 0 fully saturated rings. The highest BCUT2D eigenvalue weighted by Gasteiger charge is 2.18. The van der Waals surface area contributed by atoms with Crippen LogP contribution in [-0.4, -0.2) is 32.7 Å². The molecule has 0 spiro atoms. The summed E-state index contributed by atoms with van der Waals surface area (Å²) in [5.41, 5.74) is 2.32. The number of carbonyl (C=O) groups is 2. The number of sulfone groups is 1. The molecule has 27 heavy (non-hydrogen) atoms. The largest absolute Gasteiger partial charge is 0.456 e. The predicted molar refractivity (Wildman–Crippen MR) is 104 cm³/mol. The molecule has 1 N–H and O–H groups in total. The first-order valence-corrected chi connectivity index (χ1v) is 10.2.